The van der Waals surface area contributed by atoms with Crippen molar-refractivity contribution in [2.24, 2.45) is 0 Å². The van der Waals surface area contributed by atoms with Gasteiger partial charge in [0.25, 0.3) is 0 Å². The van der Waals surface area contributed by atoms with E-state index in [9.17, 15) is 0 Å². The lowest BCUT2D eigenvalue weighted by molar-refractivity contribution is 0.753. The monoisotopic (exact) mass is 339 g/mol. The third-order valence-electron chi connectivity index (χ3n) is 3.28. The first-order valence-electron chi connectivity index (χ1n) is 6.48. The normalized spacial score (nSPS) is 11.2. The molecule has 0 amide bonds. The van der Waals surface area contributed by atoms with E-state index >= 15 is 0 Å². The van der Waals surface area contributed by atoms with E-state index in [-0.39, 0.29) is 0 Å². The van der Waals surface area contributed by atoms with Gasteiger partial charge >= 0.3 is 0 Å². The van der Waals surface area contributed by atoms with Gasteiger partial charge in [0.05, 0.1) is 21.1 Å². The number of imidazole rings is 1. The summed E-state index contributed by atoms with van der Waals surface area (Å²) >= 11 is 18.1. The Balaban J connectivity index is 2.13. The van der Waals surface area contributed by atoms with Crippen LogP contribution in [-0.2, 0) is 13.0 Å². The van der Waals surface area contributed by atoms with Crippen molar-refractivity contribution in [2.75, 3.05) is 5.88 Å². The number of hydrogen-bond acceptors (Lipinski definition) is 2. The third kappa shape index (κ3) is 3.00. The molecule has 3 nitrogen and oxygen atoms in total. The molecule has 0 aliphatic heterocycles. The van der Waals surface area contributed by atoms with E-state index in [1.54, 1.807) is 18.5 Å². The second-order valence-corrected chi connectivity index (χ2v) is 5.86. The Morgan fingerprint density at radius 1 is 1.05 bits per heavy atom. The fraction of sp³-hybridized carbons (Fsp3) is 0.200. The average molecular weight is 341 g/mol. The quantitative estimate of drug-likeness (QED) is 0.651. The Bertz CT molecular complexity index is 769. The highest BCUT2D eigenvalue weighted by Gasteiger charge is 2.13. The lowest BCUT2D eigenvalue weighted by Gasteiger charge is -2.09. The second-order valence-electron chi connectivity index (χ2n) is 4.66. The SMILES string of the molecule is ClCCc1nc2cc(Cl)c(Cl)cc2n1Cc1ccncc1. The third-order valence-corrected chi connectivity index (χ3v) is 4.19. The molecule has 6 heteroatoms. The van der Waals surface area contributed by atoms with Gasteiger partial charge in [-0.15, -0.1) is 11.6 Å². The first-order valence-corrected chi connectivity index (χ1v) is 7.77. The molecule has 2 aromatic heterocycles. The van der Waals surface area contributed by atoms with Crippen molar-refractivity contribution in [1.29, 1.82) is 0 Å². The summed E-state index contributed by atoms with van der Waals surface area (Å²) < 4.78 is 2.12. The molecule has 0 unspecified atom stereocenters. The van der Waals surface area contributed by atoms with Gasteiger partial charge in [0.15, 0.2) is 0 Å². The number of benzene rings is 1. The minimum atomic E-state index is 0.509. The van der Waals surface area contributed by atoms with Gasteiger partial charge in [-0.1, -0.05) is 23.2 Å². The van der Waals surface area contributed by atoms with Gasteiger partial charge in [0.2, 0.25) is 0 Å². The topological polar surface area (TPSA) is 30.7 Å². The summed E-state index contributed by atoms with van der Waals surface area (Å²) in [5.41, 5.74) is 2.94. The van der Waals surface area contributed by atoms with Crippen LogP contribution in [0.5, 0.6) is 0 Å². The van der Waals surface area contributed by atoms with Gasteiger partial charge in [-0.3, -0.25) is 4.98 Å². The highest BCUT2D eigenvalue weighted by atomic mass is 35.5. The Morgan fingerprint density at radius 3 is 2.48 bits per heavy atom. The Kier molecular flexibility index (Phi) is 4.34. The standard InChI is InChI=1S/C15H12Cl3N3/c16-4-1-15-20-13-7-11(17)12(18)8-14(13)21(15)9-10-2-5-19-6-3-10/h2-3,5-8H,1,4,9H2. The molecule has 2 heterocycles. The van der Waals surface area contributed by atoms with Crippen LogP contribution in [-0.4, -0.2) is 20.4 Å². The van der Waals surface area contributed by atoms with Crippen LogP contribution in [0.2, 0.25) is 10.0 Å². The van der Waals surface area contributed by atoms with E-state index in [1.165, 1.54) is 0 Å². The van der Waals surface area contributed by atoms with Gasteiger partial charge in [-0.25, -0.2) is 4.98 Å². The number of halogens is 3. The summed E-state index contributed by atoms with van der Waals surface area (Å²) in [6, 6.07) is 7.60. The zero-order chi connectivity index (χ0) is 14.8. The molecule has 0 spiro atoms. The molecule has 0 saturated heterocycles. The highest BCUT2D eigenvalue weighted by molar-refractivity contribution is 6.42. The van der Waals surface area contributed by atoms with E-state index < -0.39 is 0 Å². The molecule has 0 fully saturated rings. The lowest BCUT2D eigenvalue weighted by Crippen LogP contribution is -2.06. The summed E-state index contributed by atoms with van der Waals surface area (Å²) in [6.45, 7) is 0.698. The van der Waals surface area contributed by atoms with Crippen molar-refractivity contribution in [1.82, 2.24) is 14.5 Å². The maximum absolute atomic E-state index is 6.14. The summed E-state index contributed by atoms with van der Waals surface area (Å²) in [4.78, 5) is 8.66. The largest absolute Gasteiger partial charge is 0.323 e. The van der Waals surface area contributed by atoms with Crippen LogP contribution in [0, 0.1) is 0 Å². The van der Waals surface area contributed by atoms with Crippen LogP contribution in [0.25, 0.3) is 11.0 Å². The number of aromatic nitrogens is 3. The number of rotatable bonds is 4. The molecule has 21 heavy (non-hydrogen) atoms. The Labute approximate surface area is 137 Å². The molecule has 0 atom stereocenters. The van der Waals surface area contributed by atoms with E-state index in [0.717, 1.165) is 22.4 Å². The van der Waals surface area contributed by atoms with Crippen LogP contribution >= 0.6 is 34.8 Å². The van der Waals surface area contributed by atoms with Crippen molar-refractivity contribution in [2.45, 2.75) is 13.0 Å². The molecule has 0 aliphatic carbocycles. The predicted molar refractivity (Wildman–Crippen MR) is 87.5 cm³/mol. The molecule has 0 aliphatic rings. The fourth-order valence-corrected chi connectivity index (χ4v) is 2.78. The van der Waals surface area contributed by atoms with Crippen molar-refractivity contribution in [3.05, 3.63) is 58.1 Å². The molecule has 0 saturated carbocycles. The van der Waals surface area contributed by atoms with Crippen molar-refractivity contribution < 1.29 is 0 Å². The number of hydrogen-bond donors (Lipinski definition) is 0. The van der Waals surface area contributed by atoms with E-state index in [0.29, 0.717) is 28.9 Å². The number of pyridine rings is 1. The van der Waals surface area contributed by atoms with Crippen LogP contribution in [0.4, 0.5) is 0 Å². The molecule has 0 bridgehead atoms. The number of aryl methyl sites for hydroxylation is 1. The van der Waals surface area contributed by atoms with Gasteiger partial charge < -0.3 is 4.57 Å². The maximum atomic E-state index is 6.14. The highest BCUT2D eigenvalue weighted by Crippen LogP contribution is 2.29. The van der Waals surface area contributed by atoms with Crippen LogP contribution in [0.15, 0.2) is 36.7 Å². The minimum Gasteiger partial charge on any atom is -0.323 e. The van der Waals surface area contributed by atoms with Gasteiger partial charge in [0, 0.05) is 31.2 Å². The zero-order valence-electron chi connectivity index (χ0n) is 11.1. The Morgan fingerprint density at radius 2 is 1.76 bits per heavy atom. The number of alkyl halides is 1. The van der Waals surface area contributed by atoms with Crippen molar-refractivity contribution >= 4 is 45.8 Å². The lowest BCUT2D eigenvalue weighted by atomic mass is 10.2. The first-order chi connectivity index (χ1) is 10.2. The summed E-state index contributed by atoms with van der Waals surface area (Å²) in [6.07, 6.45) is 4.25. The zero-order valence-corrected chi connectivity index (χ0v) is 13.3. The molecule has 0 radical (unpaired) electrons. The number of nitrogens with zero attached hydrogens (tertiary/aromatic N) is 3. The molecular formula is C15H12Cl3N3. The molecule has 3 rings (SSSR count). The van der Waals surface area contributed by atoms with E-state index in [4.69, 9.17) is 34.8 Å². The first kappa shape index (κ1) is 14.6. The summed E-state index contributed by atoms with van der Waals surface area (Å²) in [5, 5.41) is 1.03. The molecule has 1 aromatic carbocycles. The maximum Gasteiger partial charge on any atom is 0.111 e. The molecule has 108 valence electrons. The van der Waals surface area contributed by atoms with E-state index in [2.05, 4.69) is 14.5 Å². The van der Waals surface area contributed by atoms with Gasteiger partial charge in [0.1, 0.15) is 5.82 Å². The molecule has 0 N–H and O–H groups in total. The summed E-state index contributed by atoms with van der Waals surface area (Å²) in [7, 11) is 0. The number of fused-ring (bicyclic) bond motifs is 1. The average Bonchev–Trinajstić information content (AvgIpc) is 2.79. The van der Waals surface area contributed by atoms with Crippen molar-refractivity contribution in [3.63, 3.8) is 0 Å². The predicted octanol–water partition coefficient (Wildman–Crippen LogP) is 4.57. The van der Waals surface area contributed by atoms with Crippen LogP contribution in [0.3, 0.4) is 0 Å². The molecular weight excluding hydrogens is 329 g/mol. The van der Waals surface area contributed by atoms with Gasteiger partial charge in [-0.2, -0.15) is 0 Å². The second kappa shape index (κ2) is 6.22. The van der Waals surface area contributed by atoms with Crippen LogP contribution < -0.4 is 0 Å². The minimum absolute atomic E-state index is 0.509. The fourth-order valence-electron chi connectivity index (χ4n) is 2.29. The van der Waals surface area contributed by atoms with Crippen molar-refractivity contribution in [3.8, 4) is 0 Å². The van der Waals surface area contributed by atoms with E-state index in [1.807, 2.05) is 18.2 Å². The van der Waals surface area contributed by atoms with Crippen LogP contribution in [0.1, 0.15) is 11.4 Å². The molecule has 3 aromatic rings. The van der Waals surface area contributed by atoms with Gasteiger partial charge in [-0.05, 0) is 29.8 Å². The Hall–Kier alpha value is -1.29. The smallest absolute Gasteiger partial charge is 0.111 e. The summed E-state index contributed by atoms with van der Waals surface area (Å²) in [5.74, 6) is 1.44.